The van der Waals surface area contributed by atoms with Gasteiger partial charge < -0.3 is 40.3 Å². The molecule has 0 aromatic heterocycles. The van der Waals surface area contributed by atoms with Crippen molar-refractivity contribution in [2.75, 3.05) is 13.2 Å². The summed E-state index contributed by atoms with van der Waals surface area (Å²) in [7, 11) is 0. The fourth-order valence-corrected chi connectivity index (χ4v) is 6.70. The number of carbonyl (C=O) groups excluding carboxylic acids is 1. The number of ether oxygens (including phenoxy) is 2. The normalized spacial score (nSPS) is 21.5. The molecule has 0 spiro atoms. The van der Waals surface area contributed by atoms with E-state index in [1.807, 2.05) is 0 Å². The molecule has 6 N–H and O–H groups in total. The third-order valence-electron chi connectivity index (χ3n) is 10.5. The zero-order valence-electron chi connectivity index (χ0n) is 37.4. The molecule has 60 heavy (non-hydrogen) atoms. The van der Waals surface area contributed by atoms with Crippen LogP contribution in [-0.2, 0) is 14.3 Å². The van der Waals surface area contributed by atoms with Gasteiger partial charge in [-0.3, -0.25) is 4.79 Å². The van der Waals surface area contributed by atoms with Gasteiger partial charge in [0.05, 0.1) is 25.4 Å². The van der Waals surface area contributed by atoms with E-state index in [4.69, 9.17) is 9.47 Å². The standard InChI is InChI=1S/C51H85NO8/c1-3-5-7-9-11-12-13-14-15-16-17-18-19-20-21-22-23-24-25-26-27-28-29-30-31-32-33-34-35-37-39-41-47(55)52-44(45(54)40-38-36-10-8-6-4-2)43-59-51-50(58)49(57)48(56)46(42-53)60-51/h5,7,11-12,14-15,17-18,20-21,23-24,26-27,29-30,44-46,48-51,53-54,56-58H,3-4,6,8-10,13,16,19,22,25,28,31-43H2,1-2H3,(H,52,55)/b7-5-,12-11-,15-14-,18-17-,21-20-,24-23-,27-26-,30-29-. The molecule has 1 rings (SSSR count). The summed E-state index contributed by atoms with van der Waals surface area (Å²) in [5.74, 6) is -0.170. The van der Waals surface area contributed by atoms with Gasteiger partial charge in [0.25, 0.3) is 0 Å². The zero-order valence-corrected chi connectivity index (χ0v) is 37.4. The minimum atomic E-state index is -1.56. The Hall–Kier alpha value is -2.89. The number of unbranched alkanes of at least 4 members (excludes halogenated alkanes) is 11. The predicted octanol–water partition coefficient (Wildman–Crippen LogP) is 10.1. The van der Waals surface area contributed by atoms with Crippen LogP contribution in [0.5, 0.6) is 0 Å². The van der Waals surface area contributed by atoms with E-state index < -0.39 is 49.5 Å². The van der Waals surface area contributed by atoms with Gasteiger partial charge in [-0.2, -0.15) is 0 Å². The summed E-state index contributed by atoms with van der Waals surface area (Å²) < 4.78 is 11.2. The van der Waals surface area contributed by atoms with Crippen molar-refractivity contribution < 1.29 is 39.8 Å². The van der Waals surface area contributed by atoms with Crippen LogP contribution in [0.4, 0.5) is 0 Å². The van der Waals surface area contributed by atoms with E-state index in [0.717, 1.165) is 128 Å². The summed E-state index contributed by atoms with van der Waals surface area (Å²) >= 11 is 0. The smallest absolute Gasteiger partial charge is 0.220 e. The Kier molecular flexibility index (Phi) is 36.9. The molecule has 0 aliphatic carbocycles. The lowest BCUT2D eigenvalue weighted by Gasteiger charge is -2.40. The van der Waals surface area contributed by atoms with Crippen LogP contribution in [0.25, 0.3) is 0 Å². The van der Waals surface area contributed by atoms with Gasteiger partial charge in [0.15, 0.2) is 6.29 Å². The second kappa shape index (κ2) is 40.2. The summed E-state index contributed by atoms with van der Waals surface area (Å²) in [6, 6.07) is -0.730. The predicted molar refractivity (Wildman–Crippen MR) is 248 cm³/mol. The number of amides is 1. The van der Waals surface area contributed by atoms with Gasteiger partial charge in [-0.15, -0.1) is 0 Å². The van der Waals surface area contributed by atoms with E-state index >= 15 is 0 Å². The van der Waals surface area contributed by atoms with Crippen molar-refractivity contribution in [2.45, 2.75) is 204 Å². The molecule has 7 unspecified atom stereocenters. The average molecular weight is 840 g/mol. The largest absolute Gasteiger partial charge is 0.394 e. The summed E-state index contributed by atoms with van der Waals surface area (Å²) in [5, 5.41) is 54.0. The average Bonchev–Trinajstić information content (AvgIpc) is 3.25. The molecule has 1 amide bonds. The van der Waals surface area contributed by atoms with Crippen molar-refractivity contribution in [3.8, 4) is 0 Å². The van der Waals surface area contributed by atoms with E-state index in [9.17, 15) is 30.3 Å². The number of hydrogen-bond acceptors (Lipinski definition) is 8. The molecule has 9 nitrogen and oxygen atoms in total. The number of allylic oxidation sites excluding steroid dienone is 16. The summed E-state index contributed by atoms with van der Waals surface area (Å²) in [6.07, 6.45) is 50.3. The molecule has 0 aromatic carbocycles. The van der Waals surface area contributed by atoms with Crippen LogP contribution in [0.2, 0.25) is 0 Å². The highest BCUT2D eigenvalue weighted by molar-refractivity contribution is 5.76. The molecule has 1 heterocycles. The number of rotatable bonds is 37. The number of carbonyl (C=O) groups is 1. The van der Waals surface area contributed by atoms with Crippen molar-refractivity contribution >= 4 is 5.91 Å². The number of hydrogen-bond donors (Lipinski definition) is 6. The highest BCUT2D eigenvalue weighted by Crippen LogP contribution is 2.23. The Balaban J connectivity index is 2.17. The molecular formula is C51H85NO8. The van der Waals surface area contributed by atoms with Gasteiger partial charge in [-0.1, -0.05) is 175 Å². The Morgan fingerprint density at radius 1 is 0.583 bits per heavy atom. The van der Waals surface area contributed by atoms with Gasteiger partial charge in [-0.25, -0.2) is 0 Å². The van der Waals surface area contributed by atoms with E-state index in [0.29, 0.717) is 12.8 Å². The minimum Gasteiger partial charge on any atom is -0.394 e. The van der Waals surface area contributed by atoms with Gasteiger partial charge in [-0.05, 0) is 77.0 Å². The fourth-order valence-electron chi connectivity index (χ4n) is 6.70. The van der Waals surface area contributed by atoms with Crippen LogP contribution in [-0.4, -0.2) is 87.5 Å². The molecule has 1 aliphatic heterocycles. The molecule has 1 aliphatic rings. The first kappa shape index (κ1) is 55.1. The van der Waals surface area contributed by atoms with E-state index in [2.05, 4.69) is 116 Å². The summed E-state index contributed by atoms with van der Waals surface area (Å²) in [4.78, 5) is 12.9. The SMILES string of the molecule is CC/C=C\C/C=C\C/C=C\C/C=C\C/C=C\C/C=C\C/C=C\C/C=C\CCCCCCCCC(=O)NC(COC1OC(CO)C(O)C(O)C1O)C(O)CCCCCCCC. The Labute approximate surface area is 364 Å². The lowest BCUT2D eigenvalue weighted by Crippen LogP contribution is -2.60. The van der Waals surface area contributed by atoms with Crippen molar-refractivity contribution in [3.05, 3.63) is 97.2 Å². The van der Waals surface area contributed by atoms with Crippen molar-refractivity contribution in [2.24, 2.45) is 0 Å². The van der Waals surface area contributed by atoms with Crippen molar-refractivity contribution in [1.29, 1.82) is 0 Å². The highest BCUT2D eigenvalue weighted by Gasteiger charge is 2.44. The fraction of sp³-hybridized carbons (Fsp3) is 0.667. The van der Waals surface area contributed by atoms with E-state index in [1.54, 1.807) is 0 Å². The lowest BCUT2D eigenvalue weighted by atomic mass is 9.99. The first-order valence-corrected chi connectivity index (χ1v) is 23.4. The Morgan fingerprint density at radius 3 is 1.53 bits per heavy atom. The summed E-state index contributed by atoms with van der Waals surface area (Å²) in [5.41, 5.74) is 0. The molecule has 1 fully saturated rings. The second-order valence-corrected chi connectivity index (χ2v) is 15.8. The zero-order chi connectivity index (χ0) is 43.7. The monoisotopic (exact) mass is 840 g/mol. The van der Waals surface area contributed by atoms with Crippen LogP contribution < -0.4 is 5.32 Å². The Morgan fingerprint density at radius 2 is 1.03 bits per heavy atom. The molecule has 0 aromatic rings. The molecule has 0 radical (unpaired) electrons. The second-order valence-electron chi connectivity index (χ2n) is 15.8. The topological polar surface area (TPSA) is 149 Å². The van der Waals surface area contributed by atoms with Gasteiger partial charge in [0.1, 0.15) is 24.4 Å². The molecule has 342 valence electrons. The van der Waals surface area contributed by atoms with Crippen LogP contribution in [0.15, 0.2) is 97.2 Å². The van der Waals surface area contributed by atoms with Gasteiger partial charge in [0.2, 0.25) is 5.91 Å². The first-order valence-electron chi connectivity index (χ1n) is 23.4. The number of aliphatic hydroxyl groups is 5. The molecule has 0 saturated carbocycles. The molecule has 0 bridgehead atoms. The van der Waals surface area contributed by atoms with Gasteiger partial charge >= 0.3 is 0 Å². The third-order valence-corrected chi connectivity index (χ3v) is 10.5. The van der Waals surface area contributed by atoms with Crippen LogP contribution in [0.1, 0.15) is 162 Å². The third kappa shape index (κ3) is 30.2. The number of aliphatic hydroxyl groups excluding tert-OH is 5. The van der Waals surface area contributed by atoms with Crippen molar-refractivity contribution in [3.63, 3.8) is 0 Å². The maximum absolute atomic E-state index is 12.9. The van der Waals surface area contributed by atoms with Crippen LogP contribution in [0.3, 0.4) is 0 Å². The van der Waals surface area contributed by atoms with Gasteiger partial charge in [0, 0.05) is 6.42 Å². The van der Waals surface area contributed by atoms with Crippen molar-refractivity contribution in [1.82, 2.24) is 5.32 Å². The minimum absolute atomic E-state index is 0.152. The summed E-state index contributed by atoms with van der Waals surface area (Å²) in [6.45, 7) is 3.61. The highest BCUT2D eigenvalue weighted by atomic mass is 16.7. The lowest BCUT2D eigenvalue weighted by molar-refractivity contribution is -0.302. The number of nitrogens with one attached hydrogen (secondary N) is 1. The molecule has 7 atom stereocenters. The molecular weight excluding hydrogens is 755 g/mol. The molecule has 9 heteroatoms. The quantitative estimate of drug-likeness (QED) is 0.0268. The maximum atomic E-state index is 12.9. The maximum Gasteiger partial charge on any atom is 0.220 e. The van der Waals surface area contributed by atoms with Crippen LogP contribution >= 0.6 is 0 Å². The first-order chi connectivity index (χ1) is 29.3. The Bertz CT molecular complexity index is 1250. The van der Waals surface area contributed by atoms with E-state index in [1.165, 1.54) is 6.42 Å². The van der Waals surface area contributed by atoms with Crippen LogP contribution in [0, 0.1) is 0 Å². The molecule has 1 saturated heterocycles. The van der Waals surface area contributed by atoms with E-state index in [-0.39, 0.29) is 12.5 Å².